The first kappa shape index (κ1) is 24.6. The summed E-state index contributed by atoms with van der Waals surface area (Å²) in [5.74, 6) is 0.496. The number of likely N-dealkylation sites (N-methyl/N-ethyl adjacent to an activating group) is 1. The molecule has 0 bridgehead atoms. The molecule has 0 heterocycles. The van der Waals surface area contributed by atoms with E-state index in [2.05, 4.69) is 5.10 Å². The van der Waals surface area contributed by atoms with Crippen molar-refractivity contribution in [3.8, 4) is 11.5 Å². The number of hydrazone groups is 1. The number of carbonyl (C=O) groups is 1. The van der Waals surface area contributed by atoms with Crippen molar-refractivity contribution in [3.63, 3.8) is 0 Å². The first-order valence-electron chi connectivity index (χ1n) is 9.45. The summed E-state index contributed by atoms with van der Waals surface area (Å²) in [4.78, 5) is 25.3. The van der Waals surface area contributed by atoms with Crippen molar-refractivity contribution in [1.82, 2.24) is 9.73 Å². The Balaban J connectivity index is 2.17. The molecule has 1 amide bonds. The van der Waals surface area contributed by atoms with Gasteiger partial charge in [-0.15, -0.1) is 0 Å². The number of nitro benzene ring substituents is 1. The fourth-order valence-electron chi connectivity index (χ4n) is 2.44. The van der Waals surface area contributed by atoms with E-state index in [1.54, 1.807) is 39.2 Å². The summed E-state index contributed by atoms with van der Waals surface area (Å²) < 4.78 is 35.8. The van der Waals surface area contributed by atoms with Crippen molar-refractivity contribution in [3.05, 3.63) is 57.6 Å². The lowest BCUT2D eigenvalue weighted by atomic mass is 10.2. The summed E-state index contributed by atoms with van der Waals surface area (Å²) in [5, 5.41) is 14.8. The fourth-order valence-corrected chi connectivity index (χ4v) is 3.25. The Morgan fingerprint density at radius 1 is 1.19 bits per heavy atom. The first-order valence-corrected chi connectivity index (χ1v) is 10.9. The Kier molecular flexibility index (Phi) is 8.13. The van der Waals surface area contributed by atoms with Crippen LogP contribution in [-0.2, 0) is 14.8 Å². The zero-order chi connectivity index (χ0) is 23.9. The Labute approximate surface area is 185 Å². The van der Waals surface area contributed by atoms with Gasteiger partial charge >= 0.3 is 0 Å². The predicted octanol–water partition coefficient (Wildman–Crippen LogP) is 2.08. The van der Waals surface area contributed by atoms with Crippen LogP contribution in [0.25, 0.3) is 0 Å². The van der Waals surface area contributed by atoms with E-state index in [0.717, 1.165) is 6.07 Å². The highest BCUT2D eigenvalue weighted by Crippen LogP contribution is 2.28. The van der Waals surface area contributed by atoms with Crippen LogP contribution in [0.4, 0.5) is 5.69 Å². The summed E-state index contributed by atoms with van der Waals surface area (Å²) in [6.07, 6.45) is 1.25. The summed E-state index contributed by atoms with van der Waals surface area (Å²) >= 11 is 0. The number of rotatable bonds is 10. The van der Waals surface area contributed by atoms with Gasteiger partial charge in [0, 0.05) is 25.7 Å². The number of nitro groups is 1. The van der Waals surface area contributed by atoms with E-state index in [-0.39, 0.29) is 23.1 Å². The molecule has 0 aromatic heterocycles. The molecule has 12 heteroatoms. The van der Waals surface area contributed by atoms with Gasteiger partial charge in [0.25, 0.3) is 21.6 Å². The highest BCUT2D eigenvalue weighted by Gasteiger charge is 2.19. The zero-order valence-electron chi connectivity index (χ0n) is 18.1. The van der Waals surface area contributed by atoms with Crippen LogP contribution in [-0.4, -0.2) is 57.7 Å². The monoisotopic (exact) mass is 464 g/mol. The van der Waals surface area contributed by atoms with Crippen molar-refractivity contribution < 1.29 is 27.6 Å². The van der Waals surface area contributed by atoms with Crippen LogP contribution < -0.4 is 14.3 Å². The van der Waals surface area contributed by atoms with Crippen molar-refractivity contribution in [2.24, 2.45) is 5.10 Å². The van der Waals surface area contributed by atoms with Gasteiger partial charge < -0.3 is 14.4 Å². The molecule has 0 aliphatic heterocycles. The Hall–Kier alpha value is -3.67. The molecule has 0 spiro atoms. The van der Waals surface area contributed by atoms with Crippen LogP contribution in [0, 0.1) is 17.0 Å². The molecule has 0 aliphatic carbocycles. The smallest absolute Gasteiger partial charge is 0.276 e. The highest BCUT2D eigenvalue weighted by molar-refractivity contribution is 7.89. The molecule has 2 aromatic carbocycles. The molecule has 1 N–H and O–H groups in total. The lowest BCUT2D eigenvalue weighted by Gasteiger charge is -2.14. The van der Waals surface area contributed by atoms with Crippen LogP contribution in [0.5, 0.6) is 11.5 Å². The predicted molar refractivity (Wildman–Crippen MR) is 118 cm³/mol. The lowest BCUT2D eigenvalue weighted by Crippen LogP contribution is -2.27. The molecular weight excluding hydrogens is 440 g/mol. The minimum absolute atomic E-state index is 0.164. The number of hydrogen-bond donors (Lipinski definition) is 1. The Bertz CT molecular complexity index is 1130. The average Bonchev–Trinajstić information content (AvgIpc) is 2.72. The van der Waals surface area contributed by atoms with E-state index >= 15 is 0 Å². The topological polar surface area (TPSA) is 140 Å². The third-order valence-electron chi connectivity index (χ3n) is 4.19. The summed E-state index contributed by atoms with van der Waals surface area (Å²) in [7, 11) is -0.877. The van der Waals surface area contributed by atoms with Crippen LogP contribution >= 0.6 is 0 Å². The van der Waals surface area contributed by atoms with Gasteiger partial charge in [0.05, 0.1) is 22.6 Å². The largest absolute Gasteiger partial charge is 0.490 e. The van der Waals surface area contributed by atoms with Gasteiger partial charge in [-0.05, 0) is 43.7 Å². The second-order valence-corrected chi connectivity index (χ2v) is 8.44. The molecule has 32 heavy (non-hydrogen) atoms. The van der Waals surface area contributed by atoms with Gasteiger partial charge in [-0.3, -0.25) is 14.9 Å². The van der Waals surface area contributed by atoms with E-state index < -0.39 is 14.9 Å². The normalized spacial score (nSPS) is 11.2. The molecule has 2 aromatic rings. The molecule has 0 fully saturated rings. The number of ether oxygens (including phenoxy) is 2. The molecule has 0 atom stereocenters. The number of nitrogens with one attached hydrogen (secondary N) is 1. The number of sulfonamides is 1. The van der Waals surface area contributed by atoms with Crippen molar-refractivity contribution in [2.45, 2.75) is 18.7 Å². The van der Waals surface area contributed by atoms with E-state index in [4.69, 9.17) is 9.47 Å². The van der Waals surface area contributed by atoms with E-state index in [9.17, 15) is 23.3 Å². The third kappa shape index (κ3) is 6.41. The Morgan fingerprint density at radius 2 is 1.91 bits per heavy atom. The summed E-state index contributed by atoms with van der Waals surface area (Å²) in [6.45, 7) is 3.48. The standard InChI is InChI=1S/C20H24N4O7S/c1-5-30-19-10-15(7-9-18(19)31-13-20(25)23(3)4)12-21-22-32(28,29)16-8-6-14(2)17(11-16)24(26)27/h6-12,22H,5,13H2,1-4H3/b21-12-. The van der Waals surface area contributed by atoms with Gasteiger partial charge in [-0.1, -0.05) is 6.07 Å². The average molecular weight is 465 g/mol. The maximum atomic E-state index is 12.4. The maximum Gasteiger partial charge on any atom is 0.276 e. The third-order valence-corrected chi connectivity index (χ3v) is 5.41. The SMILES string of the molecule is CCOc1cc(/C=N\NS(=O)(=O)c2ccc(C)c([N+](=O)[O-])c2)ccc1OCC(=O)N(C)C. The lowest BCUT2D eigenvalue weighted by molar-refractivity contribution is -0.385. The van der Waals surface area contributed by atoms with Gasteiger partial charge in [0.2, 0.25) is 0 Å². The van der Waals surface area contributed by atoms with Gasteiger partial charge in [0.1, 0.15) is 0 Å². The number of amides is 1. The number of aryl methyl sites for hydroxylation is 1. The van der Waals surface area contributed by atoms with E-state index in [0.29, 0.717) is 29.2 Å². The number of nitrogens with zero attached hydrogens (tertiary/aromatic N) is 3. The zero-order valence-corrected chi connectivity index (χ0v) is 18.9. The van der Waals surface area contributed by atoms with Crippen LogP contribution in [0.1, 0.15) is 18.1 Å². The molecule has 0 radical (unpaired) electrons. The second-order valence-electron chi connectivity index (χ2n) is 6.77. The molecule has 0 saturated carbocycles. The highest BCUT2D eigenvalue weighted by atomic mass is 32.2. The molecule has 172 valence electrons. The fraction of sp³-hybridized carbons (Fsp3) is 0.300. The van der Waals surface area contributed by atoms with Crippen molar-refractivity contribution >= 4 is 27.8 Å². The van der Waals surface area contributed by atoms with E-state index in [1.165, 1.54) is 30.2 Å². The van der Waals surface area contributed by atoms with Crippen LogP contribution in [0.3, 0.4) is 0 Å². The van der Waals surface area contributed by atoms with Crippen LogP contribution in [0.2, 0.25) is 0 Å². The van der Waals surface area contributed by atoms with Gasteiger partial charge in [-0.2, -0.15) is 13.5 Å². The van der Waals surface area contributed by atoms with Gasteiger partial charge in [0.15, 0.2) is 18.1 Å². The van der Waals surface area contributed by atoms with Gasteiger partial charge in [-0.25, -0.2) is 4.83 Å². The second kappa shape index (κ2) is 10.6. The van der Waals surface area contributed by atoms with E-state index in [1.807, 2.05) is 4.83 Å². The first-order chi connectivity index (χ1) is 15.0. The summed E-state index contributed by atoms with van der Waals surface area (Å²) in [6, 6.07) is 8.34. The minimum Gasteiger partial charge on any atom is -0.490 e. The molecule has 0 aliphatic rings. The Morgan fingerprint density at radius 3 is 2.53 bits per heavy atom. The molecule has 11 nitrogen and oxygen atoms in total. The minimum atomic E-state index is -4.11. The number of benzene rings is 2. The molecule has 2 rings (SSSR count). The maximum absolute atomic E-state index is 12.4. The summed E-state index contributed by atoms with van der Waals surface area (Å²) in [5.41, 5.74) is 0.536. The van der Waals surface area contributed by atoms with Crippen LogP contribution in [0.15, 0.2) is 46.4 Å². The number of hydrogen-bond acceptors (Lipinski definition) is 8. The molecular formula is C20H24N4O7S. The molecule has 0 saturated heterocycles. The van der Waals surface area contributed by atoms with Crippen molar-refractivity contribution in [2.75, 3.05) is 27.3 Å². The van der Waals surface area contributed by atoms with Crippen molar-refractivity contribution in [1.29, 1.82) is 0 Å². The number of carbonyl (C=O) groups excluding carboxylic acids is 1. The molecule has 0 unspecified atom stereocenters. The quantitative estimate of drug-likeness (QED) is 0.322.